The molecule has 3 rings (SSSR count). The van der Waals surface area contributed by atoms with Gasteiger partial charge in [-0.3, -0.25) is 0 Å². The molecule has 3 N–H and O–H groups in total. The fraction of sp³-hybridized carbons (Fsp3) is 0.455. The third kappa shape index (κ3) is 4.34. The SMILES string of the molecule is CCOc1ccc(Cc2cc([C@@H]3OC(C)(C)C(O)C(O)[C@H]3O)ccc2Cl)cc1. The van der Waals surface area contributed by atoms with E-state index in [0.29, 0.717) is 23.6 Å². The molecule has 0 aromatic heterocycles. The Morgan fingerprint density at radius 3 is 2.36 bits per heavy atom. The Morgan fingerprint density at radius 1 is 1.04 bits per heavy atom. The minimum absolute atomic E-state index is 0.608. The molecule has 2 unspecified atom stereocenters. The molecule has 6 heteroatoms. The minimum Gasteiger partial charge on any atom is -0.494 e. The summed E-state index contributed by atoms with van der Waals surface area (Å²) >= 11 is 6.39. The Morgan fingerprint density at radius 2 is 1.71 bits per heavy atom. The zero-order chi connectivity index (χ0) is 20.5. The van der Waals surface area contributed by atoms with Crippen molar-refractivity contribution in [1.29, 1.82) is 0 Å². The number of hydrogen-bond donors (Lipinski definition) is 3. The van der Waals surface area contributed by atoms with E-state index < -0.39 is 30.0 Å². The van der Waals surface area contributed by atoms with E-state index in [2.05, 4.69) is 0 Å². The number of hydrogen-bond acceptors (Lipinski definition) is 5. The maximum Gasteiger partial charge on any atom is 0.119 e. The Labute approximate surface area is 170 Å². The van der Waals surface area contributed by atoms with Crippen molar-refractivity contribution in [3.63, 3.8) is 0 Å². The summed E-state index contributed by atoms with van der Waals surface area (Å²) in [7, 11) is 0. The van der Waals surface area contributed by atoms with Gasteiger partial charge in [0.2, 0.25) is 0 Å². The lowest BCUT2D eigenvalue weighted by Gasteiger charge is -2.45. The van der Waals surface area contributed by atoms with Crippen LogP contribution >= 0.6 is 11.6 Å². The highest BCUT2D eigenvalue weighted by Crippen LogP contribution is 2.38. The van der Waals surface area contributed by atoms with Crippen LogP contribution in [0.15, 0.2) is 42.5 Å². The highest BCUT2D eigenvalue weighted by atomic mass is 35.5. The Kier molecular flexibility index (Phi) is 6.32. The number of benzene rings is 2. The fourth-order valence-corrected chi connectivity index (χ4v) is 3.69. The molecule has 4 atom stereocenters. The van der Waals surface area contributed by atoms with Gasteiger partial charge in [0.05, 0.1) is 12.2 Å². The molecule has 1 aliphatic heterocycles. The topological polar surface area (TPSA) is 79.2 Å². The first-order chi connectivity index (χ1) is 13.2. The van der Waals surface area contributed by atoms with Crippen molar-refractivity contribution >= 4 is 11.6 Å². The quantitative estimate of drug-likeness (QED) is 0.710. The predicted molar refractivity (Wildman–Crippen MR) is 108 cm³/mol. The third-order valence-electron chi connectivity index (χ3n) is 5.15. The average molecular weight is 407 g/mol. The number of halogens is 1. The molecule has 2 aromatic carbocycles. The van der Waals surface area contributed by atoms with Crippen molar-refractivity contribution < 1.29 is 24.8 Å². The lowest BCUT2D eigenvalue weighted by Crippen LogP contribution is -2.58. The predicted octanol–water partition coefficient (Wildman–Crippen LogP) is 3.26. The fourth-order valence-electron chi connectivity index (χ4n) is 3.51. The van der Waals surface area contributed by atoms with Crippen molar-refractivity contribution in [1.82, 2.24) is 0 Å². The van der Waals surface area contributed by atoms with E-state index in [-0.39, 0.29) is 0 Å². The van der Waals surface area contributed by atoms with Gasteiger partial charge in [0, 0.05) is 5.02 Å². The summed E-state index contributed by atoms with van der Waals surface area (Å²) in [6, 6.07) is 13.2. The minimum atomic E-state index is -1.29. The van der Waals surface area contributed by atoms with Crippen LogP contribution in [0.2, 0.25) is 5.02 Å². The normalized spacial score (nSPS) is 26.8. The molecule has 1 aliphatic rings. The van der Waals surface area contributed by atoms with Gasteiger partial charge in [-0.15, -0.1) is 0 Å². The molecule has 1 saturated heterocycles. The van der Waals surface area contributed by atoms with E-state index in [4.69, 9.17) is 21.1 Å². The van der Waals surface area contributed by atoms with E-state index in [1.54, 1.807) is 26.0 Å². The first-order valence-electron chi connectivity index (χ1n) is 9.45. The van der Waals surface area contributed by atoms with Crippen LogP contribution < -0.4 is 4.74 Å². The Hall–Kier alpha value is -1.63. The number of aliphatic hydroxyl groups is 3. The third-order valence-corrected chi connectivity index (χ3v) is 5.52. The molecule has 0 amide bonds. The van der Waals surface area contributed by atoms with E-state index in [9.17, 15) is 15.3 Å². The van der Waals surface area contributed by atoms with Crippen molar-refractivity contribution in [2.45, 2.75) is 57.2 Å². The first kappa shape index (κ1) is 21.1. The van der Waals surface area contributed by atoms with Crippen LogP contribution in [0, 0.1) is 0 Å². The van der Waals surface area contributed by atoms with Gasteiger partial charge in [-0.05, 0) is 62.1 Å². The molecule has 28 heavy (non-hydrogen) atoms. The van der Waals surface area contributed by atoms with Gasteiger partial charge in [0.25, 0.3) is 0 Å². The van der Waals surface area contributed by atoms with Gasteiger partial charge in [-0.25, -0.2) is 0 Å². The second-order valence-corrected chi connectivity index (χ2v) is 8.08. The molecule has 152 valence electrons. The summed E-state index contributed by atoms with van der Waals surface area (Å²) in [4.78, 5) is 0. The molecule has 0 bridgehead atoms. The second kappa shape index (κ2) is 8.39. The molecule has 0 radical (unpaired) electrons. The molecule has 0 saturated carbocycles. The molecule has 1 fully saturated rings. The van der Waals surface area contributed by atoms with E-state index in [0.717, 1.165) is 16.9 Å². The first-order valence-corrected chi connectivity index (χ1v) is 9.83. The summed E-state index contributed by atoms with van der Waals surface area (Å²) in [5.41, 5.74) is 1.68. The zero-order valence-electron chi connectivity index (χ0n) is 16.3. The summed E-state index contributed by atoms with van der Waals surface area (Å²) < 4.78 is 11.4. The van der Waals surface area contributed by atoms with Crippen LogP contribution in [0.5, 0.6) is 5.75 Å². The molecule has 1 heterocycles. The molecule has 2 aromatic rings. The van der Waals surface area contributed by atoms with Crippen LogP contribution in [0.4, 0.5) is 0 Å². The smallest absolute Gasteiger partial charge is 0.119 e. The monoisotopic (exact) mass is 406 g/mol. The summed E-state index contributed by atoms with van der Waals surface area (Å²) in [5, 5.41) is 31.4. The maximum atomic E-state index is 10.4. The van der Waals surface area contributed by atoms with Gasteiger partial charge in [-0.2, -0.15) is 0 Å². The molecular formula is C22H27ClO5. The van der Waals surface area contributed by atoms with Crippen molar-refractivity contribution in [3.05, 3.63) is 64.2 Å². The molecular weight excluding hydrogens is 380 g/mol. The van der Waals surface area contributed by atoms with Gasteiger partial charge in [0.1, 0.15) is 30.2 Å². The van der Waals surface area contributed by atoms with Crippen LogP contribution in [-0.4, -0.2) is 45.8 Å². The van der Waals surface area contributed by atoms with E-state index >= 15 is 0 Å². The van der Waals surface area contributed by atoms with Gasteiger partial charge >= 0.3 is 0 Å². The summed E-state index contributed by atoms with van der Waals surface area (Å²) in [5.74, 6) is 0.819. The zero-order valence-corrected chi connectivity index (χ0v) is 17.1. The van der Waals surface area contributed by atoms with Crippen LogP contribution in [0.1, 0.15) is 43.6 Å². The van der Waals surface area contributed by atoms with Gasteiger partial charge in [0.15, 0.2) is 0 Å². The molecule has 5 nitrogen and oxygen atoms in total. The number of aliphatic hydroxyl groups excluding tert-OH is 3. The van der Waals surface area contributed by atoms with E-state index in [1.165, 1.54) is 0 Å². The summed E-state index contributed by atoms with van der Waals surface area (Å²) in [6.07, 6.45) is -3.85. The largest absolute Gasteiger partial charge is 0.494 e. The standard InChI is InChI=1S/C22H27ClO5/c1-4-27-16-8-5-13(6-9-16)11-15-12-14(7-10-17(15)23)20-18(24)19(25)21(26)22(2,3)28-20/h5-10,12,18-21,24-26H,4,11H2,1-3H3/t18-,19?,20+,21?/m1/s1. The van der Waals surface area contributed by atoms with Crippen LogP contribution in [0.25, 0.3) is 0 Å². The highest BCUT2D eigenvalue weighted by Gasteiger charge is 2.48. The van der Waals surface area contributed by atoms with Crippen molar-refractivity contribution in [3.8, 4) is 5.75 Å². The number of rotatable bonds is 5. The maximum absolute atomic E-state index is 10.4. The van der Waals surface area contributed by atoms with Crippen LogP contribution in [0.3, 0.4) is 0 Å². The molecule has 0 aliphatic carbocycles. The highest BCUT2D eigenvalue weighted by molar-refractivity contribution is 6.31. The van der Waals surface area contributed by atoms with Gasteiger partial charge < -0.3 is 24.8 Å². The van der Waals surface area contributed by atoms with Gasteiger partial charge in [-0.1, -0.05) is 35.9 Å². The van der Waals surface area contributed by atoms with Crippen LogP contribution in [-0.2, 0) is 11.2 Å². The molecule has 0 spiro atoms. The lowest BCUT2D eigenvalue weighted by atomic mass is 9.85. The van der Waals surface area contributed by atoms with Crippen molar-refractivity contribution in [2.24, 2.45) is 0 Å². The Balaban J connectivity index is 1.85. The number of ether oxygens (including phenoxy) is 2. The summed E-state index contributed by atoms with van der Waals surface area (Å²) in [6.45, 7) is 5.94. The lowest BCUT2D eigenvalue weighted by molar-refractivity contribution is -0.259. The average Bonchev–Trinajstić information content (AvgIpc) is 2.67. The van der Waals surface area contributed by atoms with Crippen molar-refractivity contribution in [2.75, 3.05) is 6.61 Å². The van der Waals surface area contributed by atoms with E-state index in [1.807, 2.05) is 37.3 Å². The second-order valence-electron chi connectivity index (χ2n) is 7.67. The Bertz CT molecular complexity index is 805.